The van der Waals surface area contributed by atoms with E-state index in [-0.39, 0.29) is 22.4 Å². The molecule has 0 aliphatic rings. The Bertz CT molecular complexity index is 1580. The molecule has 3 aromatic carbocycles. The molecule has 1 amide bonds. The molecule has 1 aromatic heterocycles. The summed E-state index contributed by atoms with van der Waals surface area (Å²) >= 11 is 1.22. The van der Waals surface area contributed by atoms with Crippen molar-refractivity contribution in [1.29, 1.82) is 5.26 Å². The maximum atomic E-state index is 12.7. The van der Waals surface area contributed by atoms with Crippen LogP contribution in [0, 0.1) is 11.3 Å². The normalized spacial score (nSPS) is 10.7. The number of aryl methyl sites for hydroxylation is 1. The molecule has 41 heavy (non-hydrogen) atoms. The largest absolute Gasteiger partial charge is 0.504 e. The van der Waals surface area contributed by atoms with Gasteiger partial charge >= 0.3 is 0 Å². The van der Waals surface area contributed by atoms with Crippen molar-refractivity contribution in [1.82, 2.24) is 9.88 Å². The molecule has 4 rings (SSSR count). The monoisotopic (exact) mass is 566 g/mol. The molecule has 0 radical (unpaired) electrons. The molecule has 2 N–H and O–H groups in total. The van der Waals surface area contributed by atoms with E-state index in [2.05, 4.69) is 18.0 Å². The van der Waals surface area contributed by atoms with Crippen molar-refractivity contribution < 1.29 is 15.0 Å². The summed E-state index contributed by atoms with van der Waals surface area (Å²) in [6, 6.07) is 24.5. The van der Waals surface area contributed by atoms with Crippen LogP contribution in [0.5, 0.6) is 11.6 Å². The summed E-state index contributed by atoms with van der Waals surface area (Å²) in [6.07, 6.45) is 2.37. The first-order chi connectivity index (χ1) is 19.8. The van der Waals surface area contributed by atoms with Crippen LogP contribution in [-0.4, -0.2) is 46.6 Å². The number of pyridine rings is 1. The molecule has 7 nitrogen and oxygen atoms in total. The van der Waals surface area contributed by atoms with Gasteiger partial charge in [-0.2, -0.15) is 5.26 Å². The predicted molar refractivity (Wildman–Crippen MR) is 164 cm³/mol. The highest BCUT2D eigenvalue weighted by atomic mass is 32.2. The summed E-state index contributed by atoms with van der Waals surface area (Å²) in [5.74, 6) is -0.351. The molecule has 210 valence electrons. The van der Waals surface area contributed by atoms with Crippen LogP contribution in [0.1, 0.15) is 48.3 Å². The van der Waals surface area contributed by atoms with Crippen LogP contribution in [0.15, 0.2) is 82.6 Å². The Balaban J connectivity index is 1.73. The first-order valence-electron chi connectivity index (χ1n) is 13.6. The van der Waals surface area contributed by atoms with Gasteiger partial charge in [-0.05, 0) is 67.3 Å². The summed E-state index contributed by atoms with van der Waals surface area (Å²) in [7, 11) is 3.46. The van der Waals surface area contributed by atoms with Gasteiger partial charge in [-0.15, -0.1) is 0 Å². The van der Waals surface area contributed by atoms with Gasteiger partial charge in [0, 0.05) is 36.8 Å². The van der Waals surface area contributed by atoms with Crippen molar-refractivity contribution >= 4 is 29.0 Å². The number of aromatic hydroxyl groups is 2. The molecule has 8 heteroatoms. The first-order valence-corrected chi connectivity index (χ1v) is 14.4. The second kappa shape index (κ2) is 13.2. The van der Waals surface area contributed by atoms with E-state index in [0.29, 0.717) is 35.5 Å². The van der Waals surface area contributed by atoms with E-state index < -0.39 is 0 Å². The van der Waals surface area contributed by atoms with Crippen molar-refractivity contribution in [2.75, 3.05) is 25.5 Å². The van der Waals surface area contributed by atoms with E-state index in [4.69, 9.17) is 0 Å². The Labute approximate surface area is 245 Å². The number of rotatable bonds is 10. The SMILES string of the molecule is CCCCc1nc(O)c(Sc2ccc(-c3ccccc3C(=O)N(C)C)cc2)c(O)c1N(CC)c1cccc(C#N)c1. The lowest BCUT2D eigenvalue weighted by atomic mass is 9.99. The minimum atomic E-state index is -0.227. The average Bonchev–Trinajstić information content (AvgIpc) is 2.99. The van der Waals surface area contributed by atoms with Crippen LogP contribution in [0.25, 0.3) is 11.1 Å². The molecule has 0 spiro atoms. The molecular weight excluding hydrogens is 532 g/mol. The van der Waals surface area contributed by atoms with Crippen molar-refractivity contribution in [3.63, 3.8) is 0 Å². The van der Waals surface area contributed by atoms with E-state index in [1.165, 1.54) is 11.8 Å². The molecule has 0 bridgehead atoms. The minimum absolute atomic E-state index is 0.0520. The lowest BCUT2D eigenvalue weighted by Gasteiger charge is -2.27. The number of unbranched alkanes of at least 4 members (excludes halogenated alkanes) is 1. The Hall–Kier alpha value is -4.48. The number of nitriles is 1. The third-order valence-corrected chi connectivity index (χ3v) is 7.83. The Morgan fingerprint density at radius 3 is 2.39 bits per heavy atom. The minimum Gasteiger partial charge on any atom is -0.504 e. The molecule has 0 aliphatic carbocycles. The van der Waals surface area contributed by atoms with Crippen molar-refractivity contribution in [3.8, 4) is 28.8 Å². The number of anilines is 2. The maximum absolute atomic E-state index is 12.7. The van der Waals surface area contributed by atoms with Gasteiger partial charge in [-0.1, -0.05) is 61.5 Å². The molecule has 0 saturated carbocycles. The summed E-state index contributed by atoms with van der Waals surface area (Å²) < 4.78 is 0. The van der Waals surface area contributed by atoms with Gasteiger partial charge in [0.2, 0.25) is 5.88 Å². The topological polar surface area (TPSA) is 101 Å². The van der Waals surface area contributed by atoms with Crippen molar-refractivity contribution in [2.45, 2.75) is 42.9 Å². The number of hydrogen-bond acceptors (Lipinski definition) is 7. The van der Waals surface area contributed by atoms with E-state index in [1.54, 1.807) is 31.1 Å². The molecule has 0 saturated heterocycles. The highest BCUT2D eigenvalue weighted by Gasteiger charge is 2.25. The third-order valence-electron chi connectivity index (χ3n) is 6.75. The average molecular weight is 567 g/mol. The van der Waals surface area contributed by atoms with E-state index in [0.717, 1.165) is 34.6 Å². The van der Waals surface area contributed by atoms with Gasteiger partial charge in [0.25, 0.3) is 5.91 Å². The zero-order chi connectivity index (χ0) is 29.5. The van der Waals surface area contributed by atoms with Gasteiger partial charge < -0.3 is 20.0 Å². The van der Waals surface area contributed by atoms with Crippen LogP contribution in [0.4, 0.5) is 11.4 Å². The first kappa shape index (κ1) is 29.5. The number of carbonyl (C=O) groups excluding carboxylic acids is 1. The smallest absolute Gasteiger partial charge is 0.253 e. The standard InChI is InChI=1S/C33H34N4O3S/c1-5-7-15-28-29(37(6-2)24-12-10-11-22(20-24)21-34)30(38)31(32(39)35-28)41-25-18-16-23(17-19-25)26-13-8-9-14-27(26)33(40)36(3)4/h8-14,16-20H,5-7,15H2,1-4H3,(H2,35,38,39). The number of carbonyl (C=O) groups is 1. The number of hydrogen-bond donors (Lipinski definition) is 2. The second-order valence-corrected chi connectivity index (χ2v) is 10.9. The quantitative estimate of drug-likeness (QED) is 0.206. The maximum Gasteiger partial charge on any atom is 0.253 e. The fraction of sp³-hybridized carbons (Fsp3) is 0.242. The van der Waals surface area contributed by atoms with E-state index in [1.807, 2.05) is 72.5 Å². The number of benzene rings is 3. The Kier molecular flexibility index (Phi) is 9.53. The van der Waals surface area contributed by atoms with Crippen molar-refractivity contribution in [2.24, 2.45) is 0 Å². The van der Waals surface area contributed by atoms with Crippen LogP contribution < -0.4 is 4.90 Å². The summed E-state index contributed by atoms with van der Waals surface area (Å²) in [5.41, 5.74) is 4.75. The van der Waals surface area contributed by atoms with Crippen LogP contribution >= 0.6 is 11.8 Å². The van der Waals surface area contributed by atoms with Gasteiger partial charge in [0.1, 0.15) is 10.6 Å². The number of aromatic nitrogens is 1. The Morgan fingerprint density at radius 2 is 1.73 bits per heavy atom. The fourth-order valence-corrected chi connectivity index (χ4v) is 5.51. The van der Waals surface area contributed by atoms with E-state index in [9.17, 15) is 20.3 Å². The number of amides is 1. The molecule has 0 unspecified atom stereocenters. The summed E-state index contributed by atoms with van der Waals surface area (Å²) in [5, 5.41) is 32.0. The Morgan fingerprint density at radius 1 is 1.00 bits per heavy atom. The lowest BCUT2D eigenvalue weighted by Crippen LogP contribution is -2.22. The zero-order valence-electron chi connectivity index (χ0n) is 23.8. The van der Waals surface area contributed by atoms with Crippen LogP contribution in [-0.2, 0) is 6.42 Å². The van der Waals surface area contributed by atoms with Gasteiger partial charge in [0.05, 0.1) is 17.3 Å². The van der Waals surface area contributed by atoms with Crippen molar-refractivity contribution in [3.05, 3.63) is 89.6 Å². The zero-order valence-corrected chi connectivity index (χ0v) is 24.6. The summed E-state index contributed by atoms with van der Waals surface area (Å²) in [6.45, 7) is 4.58. The molecule has 0 fully saturated rings. The third kappa shape index (κ3) is 6.47. The van der Waals surface area contributed by atoms with Gasteiger partial charge in [0.15, 0.2) is 5.75 Å². The predicted octanol–water partition coefficient (Wildman–Crippen LogP) is 7.39. The highest BCUT2D eigenvalue weighted by molar-refractivity contribution is 7.99. The van der Waals surface area contributed by atoms with Gasteiger partial charge in [-0.3, -0.25) is 4.79 Å². The van der Waals surface area contributed by atoms with E-state index >= 15 is 0 Å². The van der Waals surface area contributed by atoms with Gasteiger partial charge in [-0.25, -0.2) is 4.98 Å². The summed E-state index contributed by atoms with van der Waals surface area (Å²) in [4.78, 5) is 21.8. The highest BCUT2D eigenvalue weighted by Crippen LogP contribution is 2.48. The fourth-order valence-electron chi connectivity index (χ4n) is 4.67. The molecular formula is C33H34N4O3S. The molecule has 0 atom stereocenters. The van der Waals surface area contributed by atoms with Crippen LogP contribution in [0.3, 0.4) is 0 Å². The molecule has 0 aliphatic heterocycles. The molecule has 4 aromatic rings. The lowest BCUT2D eigenvalue weighted by molar-refractivity contribution is 0.0828. The second-order valence-electron chi connectivity index (χ2n) is 9.79. The number of nitrogens with zero attached hydrogens (tertiary/aromatic N) is 4. The molecule has 1 heterocycles. The van der Waals surface area contributed by atoms with Crippen LogP contribution in [0.2, 0.25) is 0 Å².